The molecule has 0 aliphatic rings. The number of hydrogen-bond acceptors (Lipinski definition) is 2. The zero-order chi connectivity index (χ0) is 16.6. The highest BCUT2D eigenvalue weighted by molar-refractivity contribution is 7.89. The van der Waals surface area contributed by atoms with Gasteiger partial charge in [-0.2, -0.15) is 0 Å². The highest BCUT2D eigenvalue weighted by Gasteiger charge is 2.13. The fraction of sp³-hybridized carbons (Fsp3) is 0. The maximum absolute atomic E-state index is 13.4. The van der Waals surface area contributed by atoms with Crippen LogP contribution in [0.1, 0.15) is 0 Å². The molecule has 0 radical (unpaired) electrons. The fourth-order valence-electron chi connectivity index (χ4n) is 2.32. The third-order valence-electron chi connectivity index (χ3n) is 3.45. The number of nitrogens with two attached hydrogens (primary N) is 1. The van der Waals surface area contributed by atoms with Crippen LogP contribution >= 0.6 is 0 Å². The Kier molecular flexibility index (Phi) is 3.75. The third-order valence-corrected chi connectivity index (χ3v) is 4.38. The van der Waals surface area contributed by atoms with Gasteiger partial charge in [0.1, 0.15) is 0 Å². The van der Waals surface area contributed by atoms with Crippen LogP contribution in [0.2, 0.25) is 0 Å². The molecule has 0 bridgehead atoms. The standard InChI is InChI=1S/C16H12F2N2O2S/c17-14-6-3-11(9-15(14)18)16-13(7-8-20-16)10-1-4-12(5-2-10)23(19,21)22/h1-9,20H,(H2,19,21,22). The molecule has 2 aromatic carbocycles. The minimum atomic E-state index is -3.76. The number of benzene rings is 2. The van der Waals surface area contributed by atoms with E-state index in [1.807, 2.05) is 0 Å². The molecule has 0 spiro atoms. The van der Waals surface area contributed by atoms with Crippen LogP contribution in [0, 0.1) is 11.6 Å². The van der Waals surface area contributed by atoms with Gasteiger partial charge in [0.2, 0.25) is 10.0 Å². The zero-order valence-electron chi connectivity index (χ0n) is 11.8. The van der Waals surface area contributed by atoms with Gasteiger partial charge >= 0.3 is 0 Å². The van der Waals surface area contributed by atoms with Crippen molar-refractivity contribution in [2.24, 2.45) is 5.14 Å². The van der Waals surface area contributed by atoms with Gasteiger partial charge in [-0.3, -0.25) is 0 Å². The van der Waals surface area contributed by atoms with Crippen molar-refractivity contribution >= 4 is 10.0 Å². The second-order valence-corrected chi connectivity index (χ2v) is 6.53. The van der Waals surface area contributed by atoms with Gasteiger partial charge in [-0.05, 0) is 42.0 Å². The van der Waals surface area contributed by atoms with Crippen molar-refractivity contribution in [3.05, 3.63) is 66.4 Å². The van der Waals surface area contributed by atoms with Crippen LogP contribution in [-0.4, -0.2) is 13.4 Å². The number of H-pyrrole nitrogens is 1. The van der Waals surface area contributed by atoms with Crippen LogP contribution in [-0.2, 0) is 10.0 Å². The number of halogens is 2. The molecule has 0 atom stereocenters. The van der Waals surface area contributed by atoms with E-state index in [0.29, 0.717) is 11.3 Å². The number of nitrogens with one attached hydrogen (secondary N) is 1. The van der Waals surface area contributed by atoms with Gasteiger partial charge in [-0.1, -0.05) is 12.1 Å². The topological polar surface area (TPSA) is 76.0 Å². The number of aromatic nitrogens is 1. The molecule has 0 saturated carbocycles. The molecule has 7 heteroatoms. The predicted octanol–water partition coefficient (Wildman–Crippen LogP) is 3.27. The summed E-state index contributed by atoms with van der Waals surface area (Å²) in [5.74, 6) is -1.85. The Balaban J connectivity index is 2.05. The highest BCUT2D eigenvalue weighted by Crippen LogP contribution is 2.32. The van der Waals surface area contributed by atoms with E-state index < -0.39 is 21.7 Å². The Labute approximate surface area is 131 Å². The van der Waals surface area contributed by atoms with Crippen LogP contribution in [0.4, 0.5) is 8.78 Å². The minimum absolute atomic E-state index is 0.00571. The van der Waals surface area contributed by atoms with Crippen molar-refractivity contribution in [2.75, 3.05) is 0 Å². The average molecular weight is 334 g/mol. The normalized spacial score (nSPS) is 11.6. The molecule has 23 heavy (non-hydrogen) atoms. The van der Waals surface area contributed by atoms with Gasteiger partial charge in [0, 0.05) is 17.3 Å². The summed E-state index contributed by atoms with van der Waals surface area (Å²) in [5, 5.41) is 5.07. The summed E-state index contributed by atoms with van der Waals surface area (Å²) >= 11 is 0. The van der Waals surface area contributed by atoms with E-state index in [9.17, 15) is 17.2 Å². The maximum atomic E-state index is 13.4. The molecule has 0 aliphatic carbocycles. The van der Waals surface area contributed by atoms with E-state index in [4.69, 9.17) is 5.14 Å². The van der Waals surface area contributed by atoms with Crippen LogP contribution in [0.3, 0.4) is 0 Å². The van der Waals surface area contributed by atoms with Gasteiger partial charge in [-0.15, -0.1) is 0 Å². The number of primary sulfonamides is 1. The van der Waals surface area contributed by atoms with Gasteiger partial charge in [0.15, 0.2) is 11.6 Å². The summed E-state index contributed by atoms with van der Waals surface area (Å²) in [5.41, 5.74) is 2.54. The first-order valence-electron chi connectivity index (χ1n) is 6.62. The molecule has 4 nitrogen and oxygen atoms in total. The van der Waals surface area contributed by atoms with Crippen LogP contribution in [0.25, 0.3) is 22.4 Å². The zero-order valence-corrected chi connectivity index (χ0v) is 12.6. The van der Waals surface area contributed by atoms with Crippen LogP contribution in [0.5, 0.6) is 0 Å². The fourth-order valence-corrected chi connectivity index (χ4v) is 2.84. The van der Waals surface area contributed by atoms with Crippen LogP contribution < -0.4 is 5.14 Å². The second kappa shape index (κ2) is 5.60. The van der Waals surface area contributed by atoms with Crippen molar-refractivity contribution in [3.63, 3.8) is 0 Å². The summed E-state index contributed by atoms with van der Waals surface area (Å²) in [6.45, 7) is 0. The van der Waals surface area contributed by atoms with E-state index in [-0.39, 0.29) is 4.90 Å². The predicted molar refractivity (Wildman–Crippen MR) is 83.0 cm³/mol. The molecule has 0 saturated heterocycles. The second-order valence-electron chi connectivity index (χ2n) is 4.96. The van der Waals surface area contributed by atoms with Crippen molar-refractivity contribution in [1.82, 2.24) is 4.98 Å². The lowest BCUT2D eigenvalue weighted by Gasteiger charge is -2.06. The number of rotatable bonds is 3. The Hall–Kier alpha value is -2.51. The van der Waals surface area contributed by atoms with Gasteiger partial charge < -0.3 is 4.98 Å². The molecule has 0 fully saturated rings. The van der Waals surface area contributed by atoms with E-state index in [0.717, 1.165) is 23.3 Å². The van der Waals surface area contributed by atoms with E-state index in [1.54, 1.807) is 24.4 Å². The lowest BCUT2D eigenvalue weighted by atomic mass is 10.0. The molecule has 1 heterocycles. The molecule has 118 valence electrons. The number of sulfonamides is 1. The summed E-state index contributed by atoms with van der Waals surface area (Å²) < 4.78 is 49.1. The molecule has 1 aromatic heterocycles. The SMILES string of the molecule is NS(=O)(=O)c1ccc(-c2cc[nH]c2-c2ccc(F)c(F)c2)cc1. The molecular formula is C16H12F2N2O2S. The Morgan fingerprint density at radius 2 is 1.52 bits per heavy atom. The lowest BCUT2D eigenvalue weighted by Crippen LogP contribution is -2.11. The van der Waals surface area contributed by atoms with Crippen molar-refractivity contribution < 1.29 is 17.2 Å². The van der Waals surface area contributed by atoms with E-state index >= 15 is 0 Å². The van der Waals surface area contributed by atoms with Gasteiger partial charge in [-0.25, -0.2) is 22.3 Å². The molecule has 3 aromatic rings. The average Bonchev–Trinajstić information content (AvgIpc) is 2.99. The minimum Gasteiger partial charge on any atom is -0.361 e. The lowest BCUT2D eigenvalue weighted by molar-refractivity contribution is 0.509. The highest BCUT2D eigenvalue weighted by atomic mass is 32.2. The smallest absolute Gasteiger partial charge is 0.238 e. The monoisotopic (exact) mass is 334 g/mol. The van der Waals surface area contributed by atoms with Crippen LogP contribution in [0.15, 0.2) is 59.6 Å². The van der Waals surface area contributed by atoms with Crippen molar-refractivity contribution in [2.45, 2.75) is 4.90 Å². The summed E-state index contributed by atoms with van der Waals surface area (Å²) in [4.78, 5) is 2.99. The van der Waals surface area contributed by atoms with Gasteiger partial charge in [0.05, 0.1) is 10.6 Å². The third kappa shape index (κ3) is 3.01. The quantitative estimate of drug-likeness (QED) is 0.771. The molecule has 3 rings (SSSR count). The Morgan fingerprint density at radius 3 is 2.13 bits per heavy atom. The maximum Gasteiger partial charge on any atom is 0.238 e. The Bertz CT molecular complexity index is 964. The molecule has 0 unspecified atom stereocenters. The summed E-state index contributed by atoms with van der Waals surface area (Å²) in [6.07, 6.45) is 1.67. The summed E-state index contributed by atoms with van der Waals surface area (Å²) in [7, 11) is -3.76. The first-order valence-corrected chi connectivity index (χ1v) is 8.17. The summed E-state index contributed by atoms with van der Waals surface area (Å²) in [6, 6.07) is 11.4. The van der Waals surface area contributed by atoms with Crippen molar-refractivity contribution in [1.29, 1.82) is 0 Å². The Morgan fingerprint density at radius 1 is 0.870 bits per heavy atom. The number of hydrogen-bond donors (Lipinski definition) is 2. The van der Waals surface area contributed by atoms with E-state index in [1.165, 1.54) is 18.2 Å². The molecule has 3 N–H and O–H groups in total. The largest absolute Gasteiger partial charge is 0.361 e. The molecular weight excluding hydrogens is 322 g/mol. The van der Waals surface area contributed by atoms with Gasteiger partial charge in [0.25, 0.3) is 0 Å². The first-order chi connectivity index (χ1) is 10.9. The first kappa shape index (κ1) is 15.4. The number of aromatic amines is 1. The molecule has 0 aliphatic heterocycles. The molecule has 0 amide bonds. The van der Waals surface area contributed by atoms with E-state index in [2.05, 4.69) is 4.98 Å². The van der Waals surface area contributed by atoms with Crippen molar-refractivity contribution in [3.8, 4) is 22.4 Å².